The molecule has 0 radical (unpaired) electrons. The molecule has 0 aromatic carbocycles. The summed E-state index contributed by atoms with van der Waals surface area (Å²) in [6, 6.07) is 0.324. The van der Waals surface area contributed by atoms with Crippen molar-refractivity contribution < 1.29 is 19.1 Å². The van der Waals surface area contributed by atoms with Gasteiger partial charge < -0.3 is 19.7 Å². The molecule has 0 aliphatic carbocycles. The van der Waals surface area contributed by atoms with Crippen LogP contribution in [0.15, 0.2) is 0 Å². The van der Waals surface area contributed by atoms with Crippen molar-refractivity contribution in [3.05, 3.63) is 0 Å². The van der Waals surface area contributed by atoms with Gasteiger partial charge in [-0.3, -0.25) is 9.69 Å². The van der Waals surface area contributed by atoms with Gasteiger partial charge in [-0.25, -0.2) is 4.79 Å². The van der Waals surface area contributed by atoms with Gasteiger partial charge in [-0.15, -0.1) is 0 Å². The van der Waals surface area contributed by atoms with Gasteiger partial charge in [-0.2, -0.15) is 0 Å². The minimum Gasteiger partial charge on any atom is -0.444 e. The fourth-order valence-electron chi connectivity index (χ4n) is 3.07. The topological polar surface area (TPSA) is 71.1 Å². The van der Waals surface area contributed by atoms with Crippen LogP contribution < -0.4 is 5.32 Å². The molecule has 2 aliphatic rings. The maximum Gasteiger partial charge on any atom is 0.410 e. The highest BCUT2D eigenvalue weighted by molar-refractivity contribution is 5.78. The maximum absolute atomic E-state index is 12.2. The van der Waals surface area contributed by atoms with Crippen molar-refractivity contribution in [2.24, 2.45) is 0 Å². The highest BCUT2D eigenvalue weighted by atomic mass is 16.6. The molecular formula is C17H31N3O4. The summed E-state index contributed by atoms with van der Waals surface area (Å²) in [7, 11) is 1.77. The molecule has 7 nitrogen and oxygen atoms in total. The van der Waals surface area contributed by atoms with Crippen LogP contribution in [-0.2, 0) is 14.3 Å². The van der Waals surface area contributed by atoms with E-state index in [0.717, 1.165) is 39.0 Å². The van der Waals surface area contributed by atoms with E-state index in [-0.39, 0.29) is 24.1 Å². The fraction of sp³-hybridized carbons (Fsp3) is 0.882. The molecule has 2 aliphatic heterocycles. The Morgan fingerprint density at radius 2 is 1.92 bits per heavy atom. The molecule has 0 aromatic rings. The summed E-state index contributed by atoms with van der Waals surface area (Å²) in [5, 5.41) is 3.08. The number of rotatable bonds is 4. The molecule has 1 atom stereocenters. The molecule has 2 saturated heterocycles. The van der Waals surface area contributed by atoms with Crippen LogP contribution in [0.3, 0.4) is 0 Å². The second-order valence-corrected chi connectivity index (χ2v) is 7.72. The lowest BCUT2D eigenvalue weighted by Crippen LogP contribution is -2.45. The van der Waals surface area contributed by atoms with Crippen LogP contribution in [-0.4, -0.2) is 79.4 Å². The van der Waals surface area contributed by atoms with Crippen LogP contribution in [0, 0.1) is 0 Å². The van der Waals surface area contributed by atoms with Gasteiger partial charge in [0.15, 0.2) is 0 Å². The van der Waals surface area contributed by atoms with Gasteiger partial charge in [-0.1, -0.05) is 0 Å². The van der Waals surface area contributed by atoms with Crippen molar-refractivity contribution in [3.63, 3.8) is 0 Å². The summed E-state index contributed by atoms with van der Waals surface area (Å²) < 4.78 is 10.7. The summed E-state index contributed by atoms with van der Waals surface area (Å²) in [6.45, 7) is 8.93. The molecule has 0 aromatic heterocycles. The van der Waals surface area contributed by atoms with Gasteiger partial charge in [0.2, 0.25) is 5.91 Å². The number of likely N-dealkylation sites (N-methyl/N-ethyl adjacent to an activating group) is 1. The zero-order valence-corrected chi connectivity index (χ0v) is 15.3. The second kappa shape index (κ2) is 8.16. The lowest BCUT2D eigenvalue weighted by Gasteiger charge is -2.28. The molecule has 0 bridgehead atoms. The summed E-state index contributed by atoms with van der Waals surface area (Å²) >= 11 is 0. The molecule has 2 amide bonds. The molecule has 138 valence electrons. The Kier molecular flexibility index (Phi) is 6.46. The average Bonchev–Trinajstić information content (AvgIpc) is 2.94. The summed E-state index contributed by atoms with van der Waals surface area (Å²) in [5.41, 5.74) is -0.493. The van der Waals surface area contributed by atoms with E-state index in [0.29, 0.717) is 13.1 Å². The number of likely N-dealkylation sites (tertiary alicyclic amines) is 1. The number of ether oxygens (including phenoxy) is 2. The predicted octanol–water partition coefficient (Wildman–Crippen LogP) is 1.22. The Bertz CT molecular complexity index is 444. The van der Waals surface area contributed by atoms with Crippen LogP contribution in [0.2, 0.25) is 0 Å². The molecule has 2 fully saturated rings. The monoisotopic (exact) mass is 341 g/mol. The third-order valence-electron chi connectivity index (χ3n) is 4.43. The number of carbonyl (C=O) groups excluding carboxylic acids is 2. The van der Waals surface area contributed by atoms with E-state index < -0.39 is 5.60 Å². The summed E-state index contributed by atoms with van der Waals surface area (Å²) in [5.74, 6) is 0.0578. The van der Waals surface area contributed by atoms with Crippen LogP contribution in [0.25, 0.3) is 0 Å². The first-order valence-corrected chi connectivity index (χ1v) is 8.80. The van der Waals surface area contributed by atoms with E-state index >= 15 is 0 Å². The van der Waals surface area contributed by atoms with Gasteiger partial charge >= 0.3 is 6.09 Å². The average molecular weight is 341 g/mol. The Balaban J connectivity index is 1.73. The van der Waals surface area contributed by atoms with Crippen molar-refractivity contribution in [1.29, 1.82) is 0 Å². The first-order valence-electron chi connectivity index (χ1n) is 8.80. The van der Waals surface area contributed by atoms with Crippen molar-refractivity contribution >= 4 is 12.0 Å². The van der Waals surface area contributed by atoms with Crippen molar-refractivity contribution in [2.75, 3.05) is 39.9 Å². The van der Waals surface area contributed by atoms with E-state index in [1.165, 1.54) is 0 Å². The maximum atomic E-state index is 12.2. The third kappa shape index (κ3) is 5.94. The Hall–Kier alpha value is -1.34. The summed E-state index contributed by atoms with van der Waals surface area (Å²) in [6.07, 6.45) is 2.33. The first-order chi connectivity index (χ1) is 11.2. The first kappa shape index (κ1) is 19.0. The minimum absolute atomic E-state index is 0.0578. The number of amides is 2. The number of nitrogens with zero attached hydrogens (tertiary/aromatic N) is 2. The van der Waals surface area contributed by atoms with Crippen molar-refractivity contribution in [3.8, 4) is 0 Å². The van der Waals surface area contributed by atoms with Gasteiger partial charge in [0.25, 0.3) is 0 Å². The van der Waals surface area contributed by atoms with E-state index in [1.807, 2.05) is 20.8 Å². The van der Waals surface area contributed by atoms with Gasteiger partial charge in [0, 0.05) is 45.4 Å². The Morgan fingerprint density at radius 3 is 2.54 bits per heavy atom. The lowest BCUT2D eigenvalue weighted by molar-refractivity contribution is -0.123. The quantitative estimate of drug-likeness (QED) is 0.833. The fourth-order valence-corrected chi connectivity index (χ4v) is 3.07. The number of hydrogen-bond donors (Lipinski definition) is 1. The molecule has 0 spiro atoms. The predicted molar refractivity (Wildman–Crippen MR) is 90.8 cm³/mol. The largest absolute Gasteiger partial charge is 0.444 e. The molecule has 2 rings (SSSR count). The molecule has 2 heterocycles. The van der Waals surface area contributed by atoms with E-state index in [2.05, 4.69) is 10.2 Å². The standard InChI is InChI=1S/C17H31N3O4/c1-17(2,3)24-16(22)19(4)14-5-8-20(11-14)12-15(21)18-13-6-9-23-10-7-13/h13-14H,5-12H2,1-4H3,(H,18,21)/t14-/m0/s1. The molecule has 7 heteroatoms. The molecule has 1 N–H and O–H groups in total. The van der Waals surface area contributed by atoms with E-state index in [4.69, 9.17) is 9.47 Å². The van der Waals surface area contributed by atoms with E-state index in [1.54, 1.807) is 11.9 Å². The molecule has 0 unspecified atom stereocenters. The smallest absolute Gasteiger partial charge is 0.410 e. The Labute approximate surface area is 144 Å². The van der Waals surface area contributed by atoms with Gasteiger partial charge in [0.05, 0.1) is 6.54 Å². The van der Waals surface area contributed by atoms with Crippen LogP contribution in [0.1, 0.15) is 40.0 Å². The highest BCUT2D eigenvalue weighted by Gasteiger charge is 2.31. The van der Waals surface area contributed by atoms with Gasteiger partial charge in [0.1, 0.15) is 5.60 Å². The number of carbonyl (C=O) groups is 2. The zero-order chi connectivity index (χ0) is 17.7. The van der Waals surface area contributed by atoms with Crippen molar-refractivity contribution in [1.82, 2.24) is 15.1 Å². The van der Waals surface area contributed by atoms with Gasteiger partial charge in [-0.05, 0) is 40.0 Å². The van der Waals surface area contributed by atoms with Crippen molar-refractivity contribution in [2.45, 2.75) is 57.7 Å². The Morgan fingerprint density at radius 1 is 1.25 bits per heavy atom. The second-order valence-electron chi connectivity index (χ2n) is 7.72. The minimum atomic E-state index is -0.493. The lowest BCUT2D eigenvalue weighted by atomic mass is 10.1. The van der Waals surface area contributed by atoms with Crippen LogP contribution >= 0.6 is 0 Å². The number of hydrogen-bond acceptors (Lipinski definition) is 5. The molecular weight excluding hydrogens is 310 g/mol. The normalized spacial score (nSPS) is 23.1. The third-order valence-corrected chi connectivity index (χ3v) is 4.43. The summed E-state index contributed by atoms with van der Waals surface area (Å²) in [4.78, 5) is 28.0. The SMILES string of the molecule is CN(C(=O)OC(C)(C)C)[C@H]1CCN(CC(=O)NC2CCOCC2)C1. The zero-order valence-electron chi connectivity index (χ0n) is 15.3. The van der Waals surface area contributed by atoms with E-state index in [9.17, 15) is 9.59 Å². The number of nitrogens with one attached hydrogen (secondary N) is 1. The molecule has 0 saturated carbocycles. The molecule has 24 heavy (non-hydrogen) atoms. The van der Waals surface area contributed by atoms with Crippen LogP contribution in [0.5, 0.6) is 0 Å². The van der Waals surface area contributed by atoms with Crippen LogP contribution in [0.4, 0.5) is 4.79 Å². The highest BCUT2D eigenvalue weighted by Crippen LogP contribution is 2.17.